The van der Waals surface area contributed by atoms with Crippen LogP contribution in [-0.2, 0) is 6.61 Å². The maximum atomic E-state index is 9.59. The van der Waals surface area contributed by atoms with E-state index in [1.165, 1.54) is 15.6 Å². The molecule has 1 heterocycles. The maximum absolute atomic E-state index is 9.59. The van der Waals surface area contributed by atoms with Crippen molar-refractivity contribution in [2.24, 2.45) is 0 Å². The van der Waals surface area contributed by atoms with E-state index in [0.717, 1.165) is 11.3 Å². The zero-order valence-electron chi connectivity index (χ0n) is 11.2. The van der Waals surface area contributed by atoms with Crippen LogP contribution in [-0.4, -0.2) is 5.11 Å². The first kappa shape index (κ1) is 13.2. The van der Waals surface area contributed by atoms with Gasteiger partial charge in [-0.15, -0.1) is 11.3 Å². The number of benzene rings is 2. The molecule has 20 heavy (non-hydrogen) atoms. The third-order valence-electron chi connectivity index (χ3n) is 3.30. The van der Waals surface area contributed by atoms with Gasteiger partial charge >= 0.3 is 0 Å². The molecule has 3 rings (SSSR count). The Morgan fingerprint density at radius 2 is 2.00 bits per heavy atom. The number of thiophene rings is 1. The minimum absolute atomic E-state index is 0.472. The number of aliphatic hydroxyl groups is 1. The lowest BCUT2D eigenvalue weighted by atomic mass is 10.1. The third-order valence-corrected chi connectivity index (χ3v) is 4.31. The van der Waals surface area contributed by atoms with Gasteiger partial charge in [-0.1, -0.05) is 30.3 Å². The molecular formula is C17H16O2S. The Morgan fingerprint density at radius 1 is 1.15 bits per heavy atom. The van der Waals surface area contributed by atoms with Gasteiger partial charge in [0.1, 0.15) is 12.4 Å². The molecule has 1 unspecified atom stereocenters. The van der Waals surface area contributed by atoms with Crippen molar-refractivity contribution in [2.75, 3.05) is 0 Å². The van der Waals surface area contributed by atoms with Crippen molar-refractivity contribution in [3.63, 3.8) is 0 Å². The lowest BCUT2D eigenvalue weighted by Crippen LogP contribution is -1.96. The highest BCUT2D eigenvalue weighted by atomic mass is 32.1. The molecule has 0 aliphatic rings. The van der Waals surface area contributed by atoms with E-state index in [2.05, 4.69) is 23.6 Å². The third kappa shape index (κ3) is 2.69. The zero-order chi connectivity index (χ0) is 13.9. The van der Waals surface area contributed by atoms with Crippen molar-refractivity contribution < 1.29 is 9.84 Å². The van der Waals surface area contributed by atoms with E-state index in [0.29, 0.717) is 6.61 Å². The summed E-state index contributed by atoms with van der Waals surface area (Å²) in [6.45, 7) is 2.30. The van der Waals surface area contributed by atoms with Crippen molar-refractivity contribution in [1.29, 1.82) is 0 Å². The van der Waals surface area contributed by atoms with Gasteiger partial charge in [0, 0.05) is 10.3 Å². The molecule has 0 aliphatic carbocycles. The summed E-state index contributed by atoms with van der Waals surface area (Å²) in [5.74, 6) is 0.790. The Bertz CT molecular complexity index is 716. The summed E-state index contributed by atoms with van der Waals surface area (Å²) in [5, 5.41) is 13.0. The monoisotopic (exact) mass is 284 g/mol. The second kappa shape index (κ2) is 5.65. The Hall–Kier alpha value is -1.84. The Morgan fingerprint density at radius 3 is 2.85 bits per heavy atom. The van der Waals surface area contributed by atoms with Gasteiger partial charge in [0.2, 0.25) is 0 Å². The molecule has 0 aliphatic heterocycles. The van der Waals surface area contributed by atoms with Gasteiger partial charge in [-0.05, 0) is 41.5 Å². The van der Waals surface area contributed by atoms with Crippen LogP contribution in [0.3, 0.4) is 0 Å². The van der Waals surface area contributed by atoms with Crippen molar-refractivity contribution in [1.82, 2.24) is 0 Å². The van der Waals surface area contributed by atoms with Crippen molar-refractivity contribution in [3.05, 3.63) is 65.0 Å². The molecule has 1 N–H and O–H groups in total. The van der Waals surface area contributed by atoms with Crippen LogP contribution < -0.4 is 4.74 Å². The molecule has 0 amide bonds. The highest BCUT2D eigenvalue weighted by Crippen LogP contribution is 2.27. The number of rotatable bonds is 4. The lowest BCUT2D eigenvalue weighted by molar-refractivity contribution is 0.198. The van der Waals surface area contributed by atoms with Crippen LogP contribution in [0.15, 0.2) is 53.9 Å². The molecule has 102 valence electrons. The minimum Gasteiger partial charge on any atom is -0.489 e. The molecule has 3 aromatic rings. The summed E-state index contributed by atoms with van der Waals surface area (Å²) in [6, 6.07) is 16.0. The van der Waals surface area contributed by atoms with Gasteiger partial charge in [0.05, 0.1) is 6.10 Å². The number of aliphatic hydroxyl groups excluding tert-OH is 1. The van der Waals surface area contributed by atoms with E-state index >= 15 is 0 Å². The van der Waals surface area contributed by atoms with Crippen molar-refractivity contribution >= 4 is 21.4 Å². The molecular weight excluding hydrogens is 268 g/mol. The Kier molecular flexibility index (Phi) is 3.72. The Balaban J connectivity index is 1.78. The van der Waals surface area contributed by atoms with E-state index in [9.17, 15) is 5.11 Å². The second-order valence-corrected chi connectivity index (χ2v) is 5.71. The topological polar surface area (TPSA) is 29.5 Å². The van der Waals surface area contributed by atoms with Crippen molar-refractivity contribution in [3.8, 4) is 5.75 Å². The maximum Gasteiger partial charge on any atom is 0.120 e. The molecule has 2 aromatic carbocycles. The van der Waals surface area contributed by atoms with Crippen LogP contribution in [0.5, 0.6) is 5.75 Å². The fourth-order valence-electron chi connectivity index (χ4n) is 2.17. The Labute approximate surface area is 122 Å². The van der Waals surface area contributed by atoms with Crippen LogP contribution in [0.2, 0.25) is 0 Å². The van der Waals surface area contributed by atoms with Crippen LogP contribution >= 0.6 is 11.3 Å². The molecule has 0 bridgehead atoms. The van der Waals surface area contributed by atoms with Gasteiger partial charge in [-0.25, -0.2) is 0 Å². The molecule has 1 atom stereocenters. The fraction of sp³-hybridized carbons (Fsp3) is 0.176. The van der Waals surface area contributed by atoms with Gasteiger partial charge in [-0.2, -0.15) is 0 Å². The molecule has 1 aromatic heterocycles. The fourth-order valence-corrected chi connectivity index (χ4v) is 3.12. The molecule has 0 fully saturated rings. The first-order valence-electron chi connectivity index (χ1n) is 6.60. The van der Waals surface area contributed by atoms with E-state index in [1.807, 2.05) is 30.3 Å². The summed E-state index contributed by atoms with van der Waals surface area (Å²) >= 11 is 1.74. The van der Waals surface area contributed by atoms with E-state index in [4.69, 9.17) is 4.74 Å². The van der Waals surface area contributed by atoms with Gasteiger partial charge < -0.3 is 9.84 Å². The molecule has 0 spiro atoms. The number of ether oxygens (including phenoxy) is 1. The summed E-state index contributed by atoms with van der Waals surface area (Å²) in [4.78, 5) is 0. The highest BCUT2D eigenvalue weighted by Gasteiger charge is 2.06. The standard InChI is InChI=1S/C17H16O2S/c1-12(18)13-5-4-6-15(9-13)19-10-14-11-20-17-8-3-2-7-16(14)17/h2-9,11-12,18H,10H2,1H3. The van der Waals surface area contributed by atoms with Gasteiger partial charge in [0.25, 0.3) is 0 Å². The van der Waals surface area contributed by atoms with Gasteiger partial charge in [0.15, 0.2) is 0 Å². The van der Waals surface area contributed by atoms with E-state index in [1.54, 1.807) is 18.3 Å². The van der Waals surface area contributed by atoms with Crippen LogP contribution in [0.1, 0.15) is 24.2 Å². The average molecular weight is 284 g/mol. The number of hydrogen-bond donors (Lipinski definition) is 1. The molecule has 3 heteroatoms. The predicted molar refractivity (Wildman–Crippen MR) is 83.2 cm³/mol. The molecule has 0 saturated carbocycles. The smallest absolute Gasteiger partial charge is 0.120 e. The zero-order valence-corrected chi connectivity index (χ0v) is 12.1. The van der Waals surface area contributed by atoms with E-state index < -0.39 is 6.10 Å². The van der Waals surface area contributed by atoms with Crippen molar-refractivity contribution in [2.45, 2.75) is 19.6 Å². The minimum atomic E-state index is -0.472. The predicted octanol–water partition coefficient (Wildman–Crippen LogP) is 4.53. The van der Waals surface area contributed by atoms with E-state index in [-0.39, 0.29) is 0 Å². The first-order chi connectivity index (χ1) is 9.74. The second-order valence-electron chi connectivity index (χ2n) is 4.79. The SMILES string of the molecule is CC(O)c1cccc(OCc2csc3ccccc23)c1. The lowest BCUT2D eigenvalue weighted by Gasteiger charge is -2.09. The van der Waals surface area contributed by atoms with Crippen LogP contribution in [0, 0.1) is 0 Å². The quantitative estimate of drug-likeness (QED) is 0.762. The van der Waals surface area contributed by atoms with Crippen LogP contribution in [0.25, 0.3) is 10.1 Å². The highest BCUT2D eigenvalue weighted by molar-refractivity contribution is 7.17. The summed E-state index contributed by atoms with van der Waals surface area (Å²) in [5.41, 5.74) is 2.07. The van der Waals surface area contributed by atoms with Gasteiger partial charge in [-0.3, -0.25) is 0 Å². The summed E-state index contributed by atoms with van der Waals surface area (Å²) < 4.78 is 7.13. The molecule has 0 radical (unpaired) electrons. The summed E-state index contributed by atoms with van der Waals surface area (Å²) in [6.07, 6.45) is -0.472. The molecule has 2 nitrogen and oxygen atoms in total. The first-order valence-corrected chi connectivity index (χ1v) is 7.48. The van der Waals surface area contributed by atoms with Crippen LogP contribution in [0.4, 0.5) is 0 Å². The largest absolute Gasteiger partial charge is 0.489 e. The average Bonchev–Trinajstić information content (AvgIpc) is 2.89. The summed E-state index contributed by atoms with van der Waals surface area (Å²) in [7, 11) is 0. The molecule has 0 saturated heterocycles. The number of fused-ring (bicyclic) bond motifs is 1. The number of hydrogen-bond acceptors (Lipinski definition) is 3. The normalized spacial score (nSPS) is 12.5.